The highest BCUT2D eigenvalue weighted by Crippen LogP contribution is 2.36. The molecule has 2 aromatic carbocycles. The molecule has 9 heteroatoms. The molecule has 2 aromatic heterocycles. The van der Waals surface area contributed by atoms with Crippen LogP contribution in [0.5, 0.6) is 0 Å². The first kappa shape index (κ1) is 24.4. The fourth-order valence-electron chi connectivity index (χ4n) is 4.89. The first-order valence-electron chi connectivity index (χ1n) is 11.8. The molecule has 1 aliphatic rings. The summed E-state index contributed by atoms with van der Waals surface area (Å²) in [6.07, 6.45) is 7.39. The molecule has 0 spiro atoms. The molecule has 0 saturated carbocycles. The highest BCUT2D eigenvalue weighted by Gasteiger charge is 2.22. The minimum Gasteiger partial charge on any atom is -0.366 e. The lowest BCUT2D eigenvalue weighted by molar-refractivity contribution is 0.100. The van der Waals surface area contributed by atoms with Crippen molar-refractivity contribution in [3.63, 3.8) is 0 Å². The van der Waals surface area contributed by atoms with Crippen molar-refractivity contribution in [2.75, 3.05) is 19.3 Å². The molecule has 0 atom stereocenters. The smallest absolute Gasteiger partial charge is 0.250 e. The van der Waals surface area contributed by atoms with E-state index < -0.39 is 15.9 Å². The number of carbonyl (C=O) groups excluding carboxylic acids is 1. The number of nitrogens with zero attached hydrogens (tertiary/aromatic N) is 2. The van der Waals surface area contributed by atoms with Gasteiger partial charge in [-0.3, -0.25) is 4.79 Å². The number of amides is 1. The molecule has 36 heavy (non-hydrogen) atoms. The number of aromatic amines is 1. The monoisotopic (exact) mass is 520 g/mol. The zero-order chi connectivity index (χ0) is 25.4. The van der Waals surface area contributed by atoms with Crippen molar-refractivity contribution in [3.8, 4) is 11.1 Å². The lowest BCUT2D eigenvalue weighted by Gasteiger charge is -2.23. The van der Waals surface area contributed by atoms with Crippen molar-refractivity contribution < 1.29 is 13.2 Å². The van der Waals surface area contributed by atoms with Gasteiger partial charge in [0.25, 0.3) is 5.91 Å². The zero-order valence-electron chi connectivity index (χ0n) is 20.2. The Morgan fingerprint density at radius 2 is 2.03 bits per heavy atom. The van der Waals surface area contributed by atoms with Gasteiger partial charge in [0, 0.05) is 42.2 Å². The van der Waals surface area contributed by atoms with Crippen LogP contribution in [0.2, 0.25) is 0 Å². The zero-order valence-corrected chi connectivity index (χ0v) is 21.9. The fraction of sp³-hybridized carbons (Fsp3) is 0.259. The summed E-state index contributed by atoms with van der Waals surface area (Å²) < 4.78 is 25.3. The van der Waals surface area contributed by atoms with Crippen LogP contribution in [0.3, 0.4) is 0 Å². The van der Waals surface area contributed by atoms with Crippen LogP contribution in [0.4, 0.5) is 0 Å². The Hall–Kier alpha value is -3.27. The van der Waals surface area contributed by atoms with Crippen LogP contribution in [0.1, 0.15) is 38.6 Å². The second-order valence-corrected chi connectivity index (χ2v) is 12.1. The number of benzene rings is 2. The van der Waals surface area contributed by atoms with Crippen LogP contribution < -0.4 is 5.73 Å². The molecule has 4 aromatic rings. The third-order valence-electron chi connectivity index (χ3n) is 6.87. The number of primary amides is 1. The third-order valence-corrected chi connectivity index (χ3v) is 8.98. The molecule has 0 bridgehead atoms. The van der Waals surface area contributed by atoms with Crippen LogP contribution in [-0.2, 0) is 22.9 Å². The number of thiazole rings is 1. The van der Waals surface area contributed by atoms with Crippen LogP contribution in [0.15, 0.2) is 54.1 Å². The number of nitrogens with two attached hydrogens (primary N) is 1. The summed E-state index contributed by atoms with van der Waals surface area (Å²) >= 11 is 1.67. The average Bonchev–Trinajstić information content (AvgIpc) is 3.53. The van der Waals surface area contributed by atoms with Gasteiger partial charge in [0.05, 0.1) is 22.3 Å². The van der Waals surface area contributed by atoms with Crippen molar-refractivity contribution in [1.82, 2.24) is 14.3 Å². The molecule has 0 saturated heterocycles. The van der Waals surface area contributed by atoms with Crippen LogP contribution in [0, 0.1) is 6.92 Å². The first-order chi connectivity index (χ1) is 17.2. The largest absolute Gasteiger partial charge is 0.366 e. The number of rotatable bonds is 7. The number of hydrogen-bond donors (Lipinski definition) is 2. The molecular weight excluding hydrogens is 492 g/mol. The number of aryl methyl sites for hydroxylation is 2. The highest BCUT2D eigenvalue weighted by molar-refractivity contribution is 7.88. The number of H-pyrrole nitrogens is 1. The Morgan fingerprint density at radius 1 is 1.19 bits per heavy atom. The lowest BCUT2D eigenvalue weighted by atomic mass is 9.91. The summed E-state index contributed by atoms with van der Waals surface area (Å²) in [6, 6.07) is 12.1. The summed E-state index contributed by atoms with van der Waals surface area (Å²) in [7, 11) is -3.23. The number of sulfonamides is 1. The summed E-state index contributed by atoms with van der Waals surface area (Å²) in [5, 5.41) is 4.05. The van der Waals surface area contributed by atoms with E-state index in [2.05, 4.69) is 41.2 Å². The van der Waals surface area contributed by atoms with Gasteiger partial charge in [-0.2, -0.15) is 4.31 Å². The molecule has 0 radical (unpaired) electrons. The number of aromatic nitrogens is 2. The topological polar surface area (TPSA) is 109 Å². The van der Waals surface area contributed by atoms with E-state index in [4.69, 9.17) is 5.73 Å². The number of nitrogens with one attached hydrogen (secondary N) is 1. The molecule has 1 aliphatic heterocycles. The molecule has 1 amide bonds. The van der Waals surface area contributed by atoms with E-state index in [0.29, 0.717) is 30.6 Å². The van der Waals surface area contributed by atoms with E-state index in [1.165, 1.54) is 21.7 Å². The van der Waals surface area contributed by atoms with Crippen LogP contribution in [-0.4, -0.2) is 47.9 Å². The Kier molecular flexibility index (Phi) is 6.55. The summed E-state index contributed by atoms with van der Waals surface area (Å²) in [6.45, 7) is 2.90. The SMILES string of the molecule is Cc1c(CCc2nccs2)cccc1-c1ccc(C(N)=O)c2[nH]c(C3=CCN(S(C)(=O)=O)CC3)cc12. The molecule has 0 unspecified atom stereocenters. The predicted octanol–water partition coefficient (Wildman–Crippen LogP) is 4.53. The second kappa shape index (κ2) is 9.65. The summed E-state index contributed by atoms with van der Waals surface area (Å²) in [4.78, 5) is 20.0. The summed E-state index contributed by atoms with van der Waals surface area (Å²) in [5.41, 5.74) is 13.4. The van der Waals surface area contributed by atoms with Gasteiger partial charge in [-0.05, 0) is 59.7 Å². The first-order valence-corrected chi connectivity index (χ1v) is 14.5. The van der Waals surface area contributed by atoms with Gasteiger partial charge in [-0.15, -0.1) is 11.3 Å². The molecule has 0 aliphatic carbocycles. The average molecular weight is 521 g/mol. The summed E-state index contributed by atoms with van der Waals surface area (Å²) in [5.74, 6) is -0.491. The Bertz CT molecular complexity index is 1580. The second-order valence-electron chi connectivity index (χ2n) is 9.11. The predicted molar refractivity (Wildman–Crippen MR) is 146 cm³/mol. The fourth-order valence-corrected chi connectivity index (χ4v) is 6.28. The van der Waals surface area contributed by atoms with Gasteiger partial charge in [0.1, 0.15) is 0 Å². The van der Waals surface area contributed by atoms with E-state index in [1.807, 2.05) is 23.7 Å². The molecule has 7 nitrogen and oxygen atoms in total. The normalized spacial score (nSPS) is 14.8. The van der Waals surface area contributed by atoms with Gasteiger partial charge in [0.15, 0.2) is 0 Å². The van der Waals surface area contributed by atoms with Crippen molar-refractivity contribution in [3.05, 3.63) is 81.4 Å². The Balaban J connectivity index is 1.56. The molecular formula is C27H28N4O3S2. The molecule has 0 fully saturated rings. The van der Waals surface area contributed by atoms with Crippen LogP contribution in [0.25, 0.3) is 27.6 Å². The standard InChI is InChI=1S/C27H28N4O3S2/c1-17-18(6-9-25-29-12-15-35-25)4-3-5-20(17)21-7-8-22(27(28)32)26-23(21)16-24(30-26)19-10-13-31(14-11-19)36(2,33)34/h3-5,7-8,10,12,15-16,30H,6,9,11,13-14H2,1-2H3,(H2,28,32). The van der Waals surface area contributed by atoms with Gasteiger partial charge in [0.2, 0.25) is 10.0 Å². The minimum atomic E-state index is -3.23. The Morgan fingerprint density at radius 3 is 2.69 bits per heavy atom. The van der Waals surface area contributed by atoms with E-state index >= 15 is 0 Å². The maximum absolute atomic E-state index is 12.2. The molecule has 3 N–H and O–H groups in total. The number of fused-ring (bicyclic) bond motifs is 1. The third kappa shape index (κ3) is 4.74. The van der Waals surface area contributed by atoms with Gasteiger partial charge < -0.3 is 10.7 Å². The van der Waals surface area contributed by atoms with Crippen molar-refractivity contribution >= 4 is 43.7 Å². The van der Waals surface area contributed by atoms with Crippen LogP contribution >= 0.6 is 11.3 Å². The van der Waals surface area contributed by atoms with Gasteiger partial charge >= 0.3 is 0 Å². The maximum Gasteiger partial charge on any atom is 0.250 e. The van der Waals surface area contributed by atoms with Crippen molar-refractivity contribution in [1.29, 1.82) is 0 Å². The maximum atomic E-state index is 12.2. The van der Waals surface area contributed by atoms with E-state index in [1.54, 1.807) is 17.4 Å². The van der Waals surface area contributed by atoms with E-state index in [9.17, 15) is 13.2 Å². The number of hydrogen-bond acceptors (Lipinski definition) is 5. The molecule has 3 heterocycles. The van der Waals surface area contributed by atoms with E-state index in [0.717, 1.165) is 45.6 Å². The quantitative estimate of drug-likeness (QED) is 0.373. The molecule has 186 valence electrons. The highest BCUT2D eigenvalue weighted by atomic mass is 32.2. The molecule has 5 rings (SSSR count). The van der Waals surface area contributed by atoms with Crippen molar-refractivity contribution in [2.24, 2.45) is 5.73 Å². The van der Waals surface area contributed by atoms with Gasteiger partial charge in [-0.1, -0.05) is 30.3 Å². The van der Waals surface area contributed by atoms with E-state index in [-0.39, 0.29) is 0 Å². The van der Waals surface area contributed by atoms with Crippen molar-refractivity contribution in [2.45, 2.75) is 26.2 Å². The number of carbonyl (C=O) groups is 1. The Labute approximate surface area is 214 Å². The van der Waals surface area contributed by atoms with Gasteiger partial charge in [-0.25, -0.2) is 13.4 Å². The minimum absolute atomic E-state index is 0.333. The lowest BCUT2D eigenvalue weighted by Crippen LogP contribution is -2.33.